The molecular formula is C15H13Br3O3S. The van der Waals surface area contributed by atoms with E-state index in [9.17, 15) is 8.42 Å². The van der Waals surface area contributed by atoms with E-state index in [0.717, 1.165) is 5.56 Å². The van der Waals surface area contributed by atoms with Crippen LogP contribution in [0, 0.1) is 6.92 Å². The standard InChI is InChI=1S/C15H13Br3O3S/c1-11-7-9-13(10-8-11)22(19,20)21-14(15(16,17)18)12-5-3-2-4-6-12/h2-10,14H,1H3. The molecule has 0 radical (unpaired) electrons. The topological polar surface area (TPSA) is 43.4 Å². The molecule has 7 heteroatoms. The normalized spacial score (nSPS) is 13.8. The lowest BCUT2D eigenvalue weighted by atomic mass is 10.1. The largest absolute Gasteiger partial charge is 0.297 e. The van der Waals surface area contributed by atoms with Crippen LogP contribution in [0.5, 0.6) is 0 Å². The maximum absolute atomic E-state index is 12.5. The average molecular weight is 513 g/mol. The lowest BCUT2D eigenvalue weighted by molar-refractivity contribution is 0.228. The van der Waals surface area contributed by atoms with E-state index in [2.05, 4.69) is 47.8 Å². The predicted octanol–water partition coefficient (Wildman–Crippen LogP) is 5.28. The van der Waals surface area contributed by atoms with Gasteiger partial charge in [0.1, 0.15) is 6.10 Å². The summed E-state index contributed by atoms with van der Waals surface area (Å²) in [4.78, 5) is 0.121. The molecule has 0 heterocycles. The van der Waals surface area contributed by atoms with Crippen LogP contribution in [0.4, 0.5) is 0 Å². The summed E-state index contributed by atoms with van der Waals surface area (Å²) in [5.74, 6) is 0. The predicted molar refractivity (Wildman–Crippen MR) is 98.1 cm³/mol. The van der Waals surface area contributed by atoms with Crippen LogP contribution in [0.2, 0.25) is 0 Å². The van der Waals surface area contributed by atoms with E-state index in [-0.39, 0.29) is 4.90 Å². The molecule has 0 bridgehead atoms. The Morgan fingerprint density at radius 1 is 0.955 bits per heavy atom. The van der Waals surface area contributed by atoms with Gasteiger partial charge in [-0.3, -0.25) is 4.18 Å². The monoisotopic (exact) mass is 510 g/mol. The van der Waals surface area contributed by atoms with Gasteiger partial charge in [-0.1, -0.05) is 95.8 Å². The highest BCUT2D eigenvalue weighted by atomic mass is 80.0. The summed E-state index contributed by atoms with van der Waals surface area (Å²) in [6.07, 6.45) is -0.792. The van der Waals surface area contributed by atoms with Gasteiger partial charge in [0.15, 0.2) is 2.14 Å². The maximum atomic E-state index is 12.5. The van der Waals surface area contributed by atoms with Crippen molar-refractivity contribution in [1.29, 1.82) is 0 Å². The van der Waals surface area contributed by atoms with Crippen molar-refractivity contribution >= 4 is 57.9 Å². The zero-order valence-corrected chi connectivity index (χ0v) is 17.1. The van der Waals surface area contributed by atoms with Crippen molar-refractivity contribution in [1.82, 2.24) is 0 Å². The Bertz CT molecular complexity index is 723. The molecule has 1 unspecified atom stereocenters. The Balaban J connectivity index is 2.37. The van der Waals surface area contributed by atoms with Crippen LogP contribution in [-0.4, -0.2) is 10.6 Å². The fourth-order valence-corrected chi connectivity index (χ4v) is 4.35. The molecule has 3 nitrogen and oxygen atoms in total. The summed E-state index contributed by atoms with van der Waals surface area (Å²) in [7, 11) is -3.90. The van der Waals surface area contributed by atoms with Crippen LogP contribution in [0.3, 0.4) is 0 Å². The van der Waals surface area contributed by atoms with Gasteiger partial charge in [-0.05, 0) is 24.6 Å². The maximum Gasteiger partial charge on any atom is 0.297 e. The second kappa shape index (κ2) is 7.13. The van der Waals surface area contributed by atoms with Crippen LogP contribution < -0.4 is 0 Å². The molecule has 118 valence electrons. The fraction of sp³-hybridized carbons (Fsp3) is 0.200. The Kier molecular flexibility index (Phi) is 5.88. The minimum absolute atomic E-state index is 0.121. The third-order valence-corrected chi connectivity index (χ3v) is 5.47. The second-order valence-corrected chi connectivity index (χ2v) is 13.2. The molecule has 2 aromatic rings. The molecule has 2 rings (SSSR count). The van der Waals surface area contributed by atoms with Gasteiger partial charge in [0.25, 0.3) is 10.1 Å². The van der Waals surface area contributed by atoms with E-state index in [4.69, 9.17) is 4.18 Å². The number of rotatable bonds is 4. The molecule has 0 saturated carbocycles. The summed E-state index contributed by atoms with van der Waals surface area (Å²) in [6, 6.07) is 15.6. The van der Waals surface area contributed by atoms with E-state index in [1.165, 1.54) is 12.1 Å². The molecule has 2 aromatic carbocycles. The summed E-state index contributed by atoms with van der Waals surface area (Å²) < 4.78 is 29.5. The molecule has 0 aliphatic heterocycles. The zero-order valence-electron chi connectivity index (χ0n) is 11.5. The smallest absolute Gasteiger partial charge is 0.255 e. The fourth-order valence-electron chi connectivity index (χ4n) is 1.81. The summed E-state index contributed by atoms with van der Waals surface area (Å²) in [5, 5.41) is 0. The Hall–Kier alpha value is -0.210. The van der Waals surface area contributed by atoms with Gasteiger partial charge in [0.2, 0.25) is 0 Å². The highest BCUT2D eigenvalue weighted by Crippen LogP contribution is 2.48. The number of hydrogen-bond donors (Lipinski definition) is 0. The van der Waals surface area contributed by atoms with Gasteiger partial charge in [0.05, 0.1) is 4.90 Å². The number of halogens is 3. The molecular weight excluding hydrogens is 500 g/mol. The number of aryl methyl sites for hydroxylation is 1. The van der Waals surface area contributed by atoms with Gasteiger partial charge in [-0.25, -0.2) is 0 Å². The van der Waals surface area contributed by atoms with Crippen molar-refractivity contribution in [2.75, 3.05) is 0 Å². The molecule has 0 aliphatic rings. The van der Waals surface area contributed by atoms with Crippen LogP contribution in [0.1, 0.15) is 17.2 Å². The van der Waals surface area contributed by atoms with Crippen LogP contribution in [0.15, 0.2) is 59.5 Å². The number of hydrogen-bond acceptors (Lipinski definition) is 3. The first-order valence-corrected chi connectivity index (χ1v) is 10.1. The van der Waals surface area contributed by atoms with Gasteiger partial charge in [-0.15, -0.1) is 0 Å². The van der Waals surface area contributed by atoms with Gasteiger partial charge >= 0.3 is 0 Å². The van der Waals surface area contributed by atoms with E-state index in [1.807, 2.05) is 25.1 Å². The van der Waals surface area contributed by atoms with Crippen molar-refractivity contribution in [3.63, 3.8) is 0 Å². The molecule has 1 atom stereocenters. The van der Waals surface area contributed by atoms with E-state index < -0.39 is 18.4 Å². The third kappa shape index (κ3) is 4.64. The van der Waals surface area contributed by atoms with Crippen molar-refractivity contribution in [3.05, 3.63) is 65.7 Å². The van der Waals surface area contributed by atoms with Crippen molar-refractivity contribution in [2.45, 2.75) is 20.1 Å². The van der Waals surface area contributed by atoms with E-state index in [1.54, 1.807) is 24.3 Å². The van der Waals surface area contributed by atoms with Gasteiger partial charge in [0, 0.05) is 0 Å². The van der Waals surface area contributed by atoms with Crippen molar-refractivity contribution < 1.29 is 12.6 Å². The van der Waals surface area contributed by atoms with E-state index in [0.29, 0.717) is 5.56 Å². The van der Waals surface area contributed by atoms with Crippen molar-refractivity contribution in [2.24, 2.45) is 0 Å². The molecule has 0 N–H and O–H groups in total. The Morgan fingerprint density at radius 3 is 2.00 bits per heavy atom. The van der Waals surface area contributed by atoms with Crippen molar-refractivity contribution in [3.8, 4) is 0 Å². The van der Waals surface area contributed by atoms with Gasteiger partial charge < -0.3 is 0 Å². The molecule has 0 spiro atoms. The van der Waals surface area contributed by atoms with Crippen LogP contribution in [0.25, 0.3) is 0 Å². The SMILES string of the molecule is Cc1ccc(S(=O)(=O)OC(c2ccccc2)C(Br)(Br)Br)cc1. The number of alkyl halides is 3. The van der Waals surface area contributed by atoms with Crippen LogP contribution in [-0.2, 0) is 14.3 Å². The molecule has 0 amide bonds. The Labute approximate surface area is 155 Å². The summed E-state index contributed by atoms with van der Waals surface area (Å²) in [6.45, 7) is 1.89. The summed E-state index contributed by atoms with van der Waals surface area (Å²) >= 11 is 10.1. The van der Waals surface area contributed by atoms with Gasteiger partial charge in [-0.2, -0.15) is 8.42 Å². The highest BCUT2D eigenvalue weighted by Gasteiger charge is 2.37. The minimum Gasteiger partial charge on any atom is -0.255 e. The molecule has 0 fully saturated rings. The lowest BCUT2D eigenvalue weighted by Gasteiger charge is -2.25. The van der Waals surface area contributed by atoms with Crippen LogP contribution >= 0.6 is 47.8 Å². The first-order chi connectivity index (χ1) is 10.2. The zero-order chi connectivity index (χ0) is 16.4. The molecule has 0 saturated heterocycles. The molecule has 0 aromatic heterocycles. The minimum atomic E-state index is -3.90. The third-order valence-electron chi connectivity index (χ3n) is 2.93. The lowest BCUT2D eigenvalue weighted by Crippen LogP contribution is -2.22. The molecule has 22 heavy (non-hydrogen) atoms. The van der Waals surface area contributed by atoms with E-state index >= 15 is 0 Å². The first-order valence-electron chi connectivity index (χ1n) is 6.32. The Morgan fingerprint density at radius 2 is 1.50 bits per heavy atom. The average Bonchev–Trinajstić information content (AvgIpc) is 2.45. The summed E-state index contributed by atoms with van der Waals surface area (Å²) in [5.41, 5.74) is 1.69. The number of benzene rings is 2. The quantitative estimate of drug-likeness (QED) is 0.413. The first kappa shape index (κ1) is 18.1. The second-order valence-electron chi connectivity index (χ2n) is 4.70. The highest BCUT2D eigenvalue weighted by molar-refractivity contribution is 9.39. The molecule has 0 aliphatic carbocycles.